The Morgan fingerprint density at radius 1 is 1.22 bits per heavy atom. The predicted octanol–water partition coefficient (Wildman–Crippen LogP) is 5.53. The van der Waals surface area contributed by atoms with Gasteiger partial charge in [-0.25, -0.2) is 31.5 Å². The predicted molar refractivity (Wildman–Crippen MR) is 114 cm³/mol. The molecule has 198 valence electrons. The Bertz CT molecular complexity index is 1300. The number of hydrogen-bond acceptors (Lipinski definition) is 5. The van der Waals surface area contributed by atoms with E-state index in [2.05, 4.69) is 15.4 Å². The summed E-state index contributed by atoms with van der Waals surface area (Å²) in [5, 5.41) is 5.86. The molecule has 0 spiro atoms. The maximum absolute atomic E-state index is 14.2. The molecule has 1 amide bonds. The zero-order chi connectivity index (χ0) is 26.9. The summed E-state index contributed by atoms with van der Waals surface area (Å²) in [5.74, 6) is -8.75. The molecule has 2 aromatic heterocycles. The number of amides is 1. The van der Waals surface area contributed by atoms with E-state index < -0.39 is 94.2 Å². The summed E-state index contributed by atoms with van der Waals surface area (Å²) in [4.78, 5) is 16.9. The Balaban J connectivity index is 1.77. The van der Waals surface area contributed by atoms with Crippen LogP contribution in [-0.2, 0) is 22.5 Å². The molecule has 0 saturated heterocycles. The Hall–Kier alpha value is -2.71. The lowest BCUT2D eigenvalue weighted by Gasteiger charge is -2.44. The first-order chi connectivity index (χ1) is 16.3. The van der Waals surface area contributed by atoms with Gasteiger partial charge in [0.25, 0.3) is 5.91 Å². The average molecular weight is 541 g/mol. The topological polar surface area (TPSA) is 101 Å². The molecule has 2 aliphatic rings. The molecule has 15 heteroatoms. The summed E-state index contributed by atoms with van der Waals surface area (Å²) in [7, 11) is -3.31. The van der Waals surface area contributed by atoms with Gasteiger partial charge in [0, 0.05) is 56.3 Å². The molecule has 2 saturated carbocycles. The van der Waals surface area contributed by atoms with Crippen molar-refractivity contribution in [2.75, 3.05) is 11.6 Å². The highest BCUT2D eigenvalue weighted by Gasteiger charge is 2.56. The Labute approximate surface area is 201 Å². The molecule has 0 radical (unpaired) electrons. The second-order valence-corrected chi connectivity index (χ2v) is 12.0. The van der Waals surface area contributed by atoms with Crippen LogP contribution in [0.1, 0.15) is 60.3 Å². The van der Waals surface area contributed by atoms with Crippen molar-refractivity contribution in [3.63, 3.8) is 0 Å². The van der Waals surface area contributed by atoms with Gasteiger partial charge in [-0.05, 0) is 17.5 Å². The van der Waals surface area contributed by atoms with E-state index in [1.54, 1.807) is 0 Å². The molecule has 7 nitrogen and oxygen atoms in total. The quantitative estimate of drug-likeness (QED) is 0.470. The van der Waals surface area contributed by atoms with E-state index in [9.17, 15) is 39.7 Å². The molecule has 1 unspecified atom stereocenters. The third-order valence-electron chi connectivity index (χ3n) is 6.25. The van der Waals surface area contributed by atoms with Crippen LogP contribution in [0.3, 0.4) is 0 Å². The summed E-state index contributed by atoms with van der Waals surface area (Å²) >= 11 is 0. The average Bonchev–Trinajstić information content (AvgIpc) is 3.02. The summed E-state index contributed by atoms with van der Waals surface area (Å²) in [6.45, 7) is 0.952. The molecule has 0 aliphatic heterocycles. The third kappa shape index (κ3) is 5.20. The lowest BCUT2D eigenvalue weighted by Crippen LogP contribution is -2.47. The van der Waals surface area contributed by atoms with E-state index in [1.165, 1.54) is 13.0 Å². The molecule has 1 atom stereocenters. The van der Waals surface area contributed by atoms with Gasteiger partial charge in [0.1, 0.15) is 16.3 Å². The molecule has 2 N–H and O–H groups in total. The molecule has 2 aromatic rings. The number of aromatic nitrogens is 3. The molecule has 0 bridgehead atoms. The molecule has 2 fully saturated rings. The molecule has 0 aromatic carbocycles. The second kappa shape index (κ2) is 8.15. The number of nitrogens with zero attached hydrogens (tertiary/aromatic N) is 3. The summed E-state index contributed by atoms with van der Waals surface area (Å²) in [6, 6.07) is 2.25. The zero-order valence-electron chi connectivity index (χ0n) is 19.1. The van der Waals surface area contributed by atoms with Gasteiger partial charge >= 0.3 is 6.18 Å². The summed E-state index contributed by atoms with van der Waals surface area (Å²) in [6.07, 6.45) is -6.03. The maximum atomic E-state index is 14.2. The van der Waals surface area contributed by atoms with E-state index in [0.717, 1.165) is 18.5 Å². The normalized spacial score (nSPS) is 22.2. The molecule has 36 heavy (non-hydrogen) atoms. The fourth-order valence-corrected chi connectivity index (χ4v) is 5.42. The number of rotatable bonds is 6. The van der Waals surface area contributed by atoms with Gasteiger partial charge in [-0.2, -0.15) is 18.3 Å². The molecular weight excluding hydrogens is 519 g/mol. The monoisotopic (exact) mass is 541 g/mol. The molecule has 4 rings (SSSR count). The maximum Gasteiger partial charge on any atom is 0.420 e. The number of nitrogens with one attached hydrogen (secondary N) is 2. The van der Waals surface area contributed by atoms with Crippen LogP contribution in [-0.4, -0.2) is 43.0 Å². The van der Waals surface area contributed by atoms with E-state index in [-0.39, 0.29) is 10.7 Å². The number of carbonyl (C=O) groups is 1. The first-order valence-electron chi connectivity index (χ1n) is 10.7. The first kappa shape index (κ1) is 26.4. The summed E-state index contributed by atoms with van der Waals surface area (Å²) < 4.78 is 117. The Morgan fingerprint density at radius 3 is 2.33 bits per heavy atom. The zero-order valence-corrected chi connectivity index (χ0v) is 19.9. The van der Waals surface area contributed by atoms with Crippen LogP contribution in [0.2, 0.25) is 0 Å². The van der Waals surface area contributed by atoms with Crippen molar-refractivity contribution < 1.29 is 39.7 Å². The smallest absolute Gasteiger partial charge is 0.320 e. The van der Waals surface area contributed by atoms with Crippen LogP contribution in [0.15, 0.2) is 23.4 Å². The SMILES string of the molecule is CC1(Cn2nc(C3CC(F)(F)C3)c(C(F)(F)F)c2C(=O)Nc2ccnc(S(C)(=N)=O)c2)CC(F)(F)C1. The van der Waals surface area contributed by atoms with Gasteiger partial charge in [-0.15, -0.1) is 0 Å². The Morgan fingerprint density at radius 2 is 1.83 bits per heavy atom. The minimum Gasteiger partial charge on any atom is -0.320 e. The minimum absolute atomic E-state index is 0.120. The van der Waals surface area contributed by atoms with Crippen LogP contribution in [0, 0.1) is 10.2 Å². The molecular formula is C21H22F7N5O2S. The van der Waals surface area contributed by atoms with E-state index in [0.29, 0.717) is 4.68 Å². The second-order valence-electron chi connectivity index (χ2n) is 9.93. The Kier molecular flexibility index (Phi) is 5.97. The highest BCUT2D eigenvalue weighted by atomic mass is 32.2. The molecule has 2 heterocycles. The van der Waals surface area contributed by atoms with E-state index in [4.69, 9.17) is 4.78 Å². The van der Waals surface area contributed by atoms with Gasteiger partial charge in [0.2, 0.25) is 11.8 Å². The fraction of sp³-hybridized carbons (Fsp3) is 0.571. The number of carbonyl (C=O) groups excluding carboxylic acids is 1. The fourth-order valence-electron chi connectivity index (χ4n) is 4.81. The summed E-state index contributed by atoms with van der Waals surface area (Å²) in [5.41, 5.74) is -4.51. The number of halogens is 7. The van der Waals surface area contributed by atoms with Crippen molar-refractivity contribution in [1.29, 1.82) is 4.78 Å². The van der Waals surface area contributed by atoms with Gasteiger partial charge in [0.05, 0.1) is 15.4 Å². The van der Waals surface area contributed by atoms with Crippen molar-refractivity contribution in [3.8, 4) is 0 Å². The number of hydrogen-bond donors (Lipinski definition) is 2. The van der Waals surface area contributed by atoms with Crippen LogP contribution in [0.5, 0.6) is 0 Å². The highest BCUT2D eigenvalue weighted by molar-refractivity contribution is 7.91. The van der Waals surface area contributed by atoms with Crippen LogP contribution in [0.4, 0.5) is 36.4 Å². The number of pyridine rings is 1. The largest absolute Gasteiger partial charge is 0.420 e. The lowest BCUT2D eigenvalue weighted by molar-refractivity contribution is -0.160. The highest BCUT2D eigenvalue weighted by Crippen LogP contribution is 2.54. The number of anilines is 1. The molecule has 2 aliphatic carbocycles. The van der Waals surface area contributed by atoms with Gasteiger partial charge in [-0.1, -0.05) is 6.92 Å². The van der Waals surface area contributed by atoms with Gasteiger partial charge < -0.3 is 5.32 Å². The van der Waals surface area contributed by atoms with Crippen molar-refractivity contribution in [3.05, 3.63) is 35.3 Å². The third-order valence-corrected chi connectivity index (χ3v) is 7.27. The van der Waals surface area contributed by atoms with Crippen molar-refractivity contribution >= 4 is 21.3 Å². The van der Waals surface area contributed by atoms with Crippen LogP contribution in [0.25, 0.3) is 0 Å². The van der Waals surface area contributed by atoms with Gasteiger partial charge in [-0.3, -0.25) is 9.48 Å². The van der Waals surface area contributed by atoms with Crippen LogP contribution < -0.4 is 5.32 Å². The van der Waals surface area contributed by atoms with Crippen molar-refractivity contribution in [2.45, 2.75) is 68.1 Å². The van der Waals surface area contributed by atoms with E-state index >= 15 is 0 Å². The van der Waals surface area contributed by atoms with Crippen molar-refractivity contribution in [1.82, 2.24) is 14.8 Å². The number of alkyl halides is 7. The minimum atomic E-state index is -5.15. The van der Waals surface area contributed by atoms with Gasteiger partial charge in [0.15, 0.2) is 0 Å². The van der Waals surface area contributed by atoms with Crippen LogP contribution >= 0.6 is 0 Å². The standard InChI is InChI=1S/C21H22F7N5O2S/c1-18(8-20(24,25)9-18)10-33-16(17(34)31-12-3-4-30-13(5-12)36(2,29)35)14(21(26,27)28)15(32-33)11-6-19(22,23)7-11/h3-5,11,29H,6-10H2,1-2H3,(H,30,31,34). The first-order valence-corrected chi connectivity index (χ1v) is 12.7. The lowest BCUT2D eigenvalue weighted by atomic mass is 9.67. The van der Waals surface area contributed by atoms with Crippen molar-refractivity contribution in [2.24, 2.45) is 5.41 Å². The van der Waals surface area contributed by atoms with E-state index in [1.807, 2.05) is 0 Å².